The number of hydrogen-bond acceptors (Lipinski definition) is 8. The van der Waals surface area contributed by atoms with Gasteiger partial charge in [0.1, 0.15) is 11.0 Å². The molecule has 4 aliphatic rings. The molecular formula is C35H45ClN2O7S. The molecule has 9 nitrogen and oxygen atoms in total. The predicted octanol–water partition coefficient (Wildman–Crippen LogP) is 5.03. The molecule has 6 atom stereocenters. The monoisotopic (exact) mass is 672 g/mol. The van der Waals surface area contributed by atoms with Gasteiger partial charge in [0.25, 0.3) is 5.91 Å². The fourth-order valence-corrected chi connectivity index (χ4v) is 9.61. The van der Waals surface area contributed by atoms with Crippen LogP contribution in [0.25, 0.3) is 0 Å². The third-order valence-electron chi connectivity index (χ3n) is 10.4. The predicted molar refractivity (Wildman–Crippen MR) is 178 cm³/mol. The third kappa shape index (κ3) is 6.69. The maximum Gasteiger partial charge on any atom is 0.264 e. The molecule has 2 bridgehead atoms. The van der Waals surface area contributed by atoms with Gasteiger partial charge in [0.2, 0.25) is 10.0 Å². The quantitative estimate of drug-likeness (QED) is 0.336. The smallest absolute Gasteiger partial charge is 0.264 e. The highest BCUT2D eigenvalue weighted by Crippen LogP contribution is 2.46. The Morgan fingerprint density at radius 3 is 2.78 bits per heavy atom. The first-order valence-corrected chi connectivity index (χ1v) is 18.4. The average molecular weight is 673 g/mol. The summed E-state index contributed by atoms with van der Waals surface area (Å²) in [4.78, 5) is 15.9. The molecule has 0 radical (unpaired) electrons. The van der Waals surface area contributed by atoms with Crippen LogP contribution in [0.15, 0.2) is 48.6 Å². The van der Waals surface area contributed by atoms with Gasteiger partial charge in [-0.3, -0.25) is 4.79 Å². The second-order valence-corrected chi connectivity index (χ2v) is 15.6. The maximum atomic E-state index is 13.7. The zero-order valence-corrected chi connectivity index (χ0v) is 28.2. The first-order valence-electron chi connectivity index (χ1n) is 16.5. The van der Waals surface area contributed by atoms with Crippen LogP contribution in [0.1, 0.15) is 66.9 Å². The number of halogens is 1. The lowest BCUT2D eigenvalue weighted by molar-refractivity contribution is 0.0156. The van der Waals surface area contributed by atoms with Crippen LogP contribution in [0.2, 0.25) is 5.02 Å². The Morgan fingerprint density at radius 2 is 2.02 bits per heavy atom. The molecule has 1 saturated carbocycles. The molecule has 46 heavy (non-hydrogen) atoms. The average Bonchev–Trinajstić information content (AvgIpc) is 3.15. The number of ether oxygens (including phenoxy) is 3. The van der Waals surface area contributed by atoms with E-state index >= 15 is 0 Å². The van der Waals surface area contributed by atoms with E-state index in [2.05, 4.69) is 21.8 Å². The molecule has 0 saturated heterocycles. The normalized spacial score (nSPS) is 31.4. The highest BCUT2D eigenvalue weighted by Gasteiger charge is 2.44. The topological polar surface area (TPSA) is 114 Å². The van der Waals surface area contributed by atoms with E-state index in [4.69, 9.17) is 25.8 Å². The molecule has 2 aromatic carbocycles. The van der Waals surface area contributed by atoms with Crippen molar-refractivity contribution in [3.8, 4) is 5.75 Å². The van der Waals surface area contributed by atoms with Crippen molar-refractivity contribution in [3.63, 3.8) is 0 Å². The van der Waals surface area contributed by atoms with Crippen LogP contribution in [0, 0.1) is 11.8 Å². The molecule has 1 spiro atoms. The Kier molecular flexibility index (Phi) is 10.0. The first kappa shape index (κ1) is 33.3. The number of aliphatic hydroxyl groups is 1. The van der Waals surface area contributed by atoms with Gasteiger partial charge in [-0.25, -0.2) is 13.1 Å². The summed E-state index contributed by atoms with van der Waals surface area (Å²) in [5.41, 5.74) is 3.21. The Balaban J connectivity index is 1.39. The lowest BCUT2D eigenvalue weighted by atomic mass is 9.68. The van der Waals surface area contributed by atoms with Crippen molar-refractivity contribution in [2.75, 3.05) is 44.9 Å². The van der Waals surface area contributed by atoms with E-state index in [9.17, 15) is 18.3 Å². The van der Waals surface area contributed by atoms with Crippen LogP contribution >= 0.6 is 11.6 Å². The van der Waals surface area contributed by atoms with Gasteiger partial charge in [0.15, 0.2) is 0 Å². The molecule has 2 aromatic rings. The molecule has 2 aliphatic carbocycles. The molecule has 11 heteroatoms. The SMILES string of the molecule is CC[C@H]1[C@H](OCCOC)C/C=C\[C@H](O)[C@@H]2CC[C@H]2CN2C[C@@]3(CCCc4cc(Cl)ccc43)COc3ccc(cc32)C(=O)NS1(=O)=O. The van der Waals surface area contributed by atoms with Crippen molar-refractivity contribution in [2.24, 2.45) is 11.8 Å². The standard InChI is InChI=1S/C35H45ClN2O7S/c1-3-33-32(44-17-16-43-2)8-4-7-30(39)27-12-9-25(27)20-38-21-35(15-5-6-23-18-26(36)11-13-28(23)35)22-45-31-14-10-24(19-29(31)38)34(40)37-46(33,41)42/h4,7,10-11,13-14,18-19,25,27,30,32-33,39H,3,5-6,8-9,12,15-17,20-22H2,1-2H3,(H,37,40)/b7-4-/t25-,27+,30-,32+,33-,35-/m0/s1. The molecule has 0 unspecified atom stereocenters. The number of amides is 1. The van der Waals surface area contributed by atoms with Gasteiger partial charge in [-0.15, -0.1) is 0 Å². The van der Waals surface area contributed by atoms with Gasteiger partial charge in [-0.1, -0.05) is 36.7 Å². The van der Waals surface area contributed by atoms with Crippen LogP contribution in [0.5, 0.6) is 5.75 Å². The zero-order chi connectivity index (χ0) is 32.5. The summed E-state index contributed by atoms with van der Waals surface area (Å²) in [5, 5.41) is 11.0. The zero-order valence-electron chi connectivity index (χ0n) is 26.6. The van der Waals surface area contributed by atoms with Crippen LogP contribution in [0.4, 0.5) is 5.69 Å². The maximum absolute atomic E-state index is 13.7. The minimum Gasteiger partial charge on any atom is -0.490 e. The van der Waals surface area contributed by atoms with Crippen molar-refractivity contribution in [2.45, 2.75) is 74.7 Å². The van der Waals surface area contributed by atoms with Crippen LogP contribution in [-0.2, 0) is 31.3 Å². The second kappa shape index (κ2) is 13.8. The van der Waals surface area contributed by atoms with E-state index in [1.165, 1.54) is 11.1 Å². The summed E-state index contributed by atoms with van der Waals surface area (Å²) >= 11 is 6.40. The fraction of sp³-hybridized carbons (Fsp3) is 0.571. The van der Waals surface area contributed by atoms with E-state index in [0.717, 1.165) is 42.8 Å². The third-order valence-corrected chi connectivity index (χ3v) is 12.6. The van der Waals surface area contributed by atoms with Gasteiger partial charge >= 0.3 is 0 Å². The number of nitrogens with one attached hydrogen (secondary N) is 1. The molecule has 2 aliphatic heterocycles. The number of carbonyl (C=O) groups excluding carboxylic acids is 1. The van der Waals surface area contributed by atoms with E-state index in [-0.39, 0.29) is 42.3 Å². The summed E-state index contributed by atoms with van der Waals surface area (Å²) in [5.74, 6) is 0.273. The Morgan fingerprint density at radius 1 is 1.17 bits per heavy atom. The van der Waals surface area contributed by atoms with Crippen molar-refractivity contribution in [1.29, 1.82) is 0 Å². The van der Waals surface area contributed by atoms with Crippen LogP contribution in [-0.4, -0.2) is 76.9 Å². The lowest BCUT2D eigenvalue weighted by Crippen LogP contribution is -2.49. The van der Waals surface area contributed by atoms with Crippen LogP contribution in [0.3, 0.4) is 0 Å². The lowest BCUT2D eigenvalue weighted by Gasteiger charge is -2.45. The Hall–Kier alpha value is -2.63. The number of aryl methyl sites for hydroxylation is 1. The second-order valence-electron chi connectivity index (χ2n) is 13.3. The molecule has 1 fully saturated rings. The number of nitrogens with zero attached hydrogens (tertiary/aromatic N) is 1. The molecule has 6 rings (SSSR count). The number of aliphatic hydroxyl groups excluding tert-OH is 1. The van der Waals surface area contributed by atoms with Gasteiger partial charge in [0.05, 0.1) is 37.7 Å². The number of anilines is 1. The number of rotatable bonds is 5. The minimum atomic E-state index is -4.13. The summed E-state index contributed by atoms with van der Waals surface area (Å²) in [6, 6.07) is 11.3. The highest BCUT2D eigenvalue weighted by molar-refractivity contribution is 7.90. The van der Waals surface area contributed by atoms with Crippen molar-refractivity contribution >= 4 is 33.2 Å². The molecule has 2 heterocycles. The van der Waals surface area contributed by atoms with Gasteiger partial charge < -0.3 is 24.2 Å². The number of carbonyl (C=O) groups is 1. The minimum absolute atomic E-state index is 0.0650. The molecule has 250 valence electrons. The molecule has 1 amide bonds. The summed E-state index contributed by atoms with van der Waals surface area (Å²) in [6.45, 7) is 4.12. The Bertz CT molecular complexity index is 1570. The summed E-state index contributed by atoms with van der Waals surface area (Å²) in [7, 11) is -2.57. The first-order chi connectivity index (χ1) is 22.1. The van der Waals surface area contributed by atoms with Crippen molar-refractivity contribution in [3.05, 3.63) is 70.3 Å². The summed E-state index contributed by atoms with van der Waals surface area (Å²) < 4.78 is 47.3. The number of hydrogen-bond donors (Lipinski definition) is 2. The largest absolute Gasteiger partial charge is 0.490 e. The summed E-state index contributed by atoms with van der Waals surface area (Å²) in [6.07, 6.45) is 7.55. The van der Waals surface area contributed by atoms with E-state index < -0.39 is 33.4 Å². The number of sulfonamides is 1. The van der Waals surface area contributed by atoms with E-state index in [1.807, 2.05) is 12.1 Å². The number of fused-ring (bicyclic) bond motifs is 4. The van der Waals surface area contributed by atoms with Crippen molar-refractivity contribution < 1.29 is 32.5 Å². The highest BCUT2D eigenvalue weighted by atomic mass is 35.5. The molecule has 2 N–H and O–H groups in total. The molecular weight excluding hydrogens is 628 g/mol. The van der Waals surface area contributed by atoms with Gasteiger partial charge in [-0.05, 0) is 98.2 Å². The fourth-order valence-electron chi connectivity index (χ4n) is 7.86. The number of benzene rings is 2. The van der Waals surface area contributed by atoms with Crippen molar-refractivity contribution in [1.82, 2.24) is 4.72 Å². The van der Waals surface area contributed by atoms with E-state index in [1.54, 1.807) is 38.3 Å². The van der Waals surface area contributed by atoms with Crippen LogP contribution < -0.4 is 14.4 Å². The molecule has 0 aromatic heterocycles. The Labute approximate surface area is 277 Å². The number of methoxy groups -OCH3 is 1. The van der Waals surface area contributed by atoms with E-state index in [0.29, 0.717) is 32.1 Å². The van der Waals surface area contributed by atoms with Gasteiger partial charge in [0, 0.05) is 36.2 Å². The van der Waals surface area contributed by atoms with Gasteiger partial charge in [-0.2, -0.15) is 0 Å².